The Kier molecular flexibility index (Phi) is 6.84. The minimum atomic E-state index is -2.64. The van der Waals surface area contributed by atoms with Crippen molar-refractivity contribution in [2.45, 2.75) is 31.0 Å². The molecule has 11 nitrogen and oxygen atoms in total. The van der Waals surface area contributed by atoms with E-state index in [0.717, 1.165) is 0 Å². The maximum Gasteiger partial charge on any atom is 0.411 e. The van der Waals surface area contributed by atoms with Crippen LogP contribution >= 0.6 is 0 Å². The van der Waals surface area contributed by atoms with Gasteiger partial charge in [0, 0.05) is 17.2 Å². The summed E-state index contributed by atoms with van der Waals surface area (Å²) in [5.74, 6) is -7.75. The molecule has 2 aromatic rings. The number of carbonyl (C=O) groups is 4. The van der Waals surface area contributed by atoms with E-state index in [4.69, 9.17) is 5.73 Å². The second-order valence-corrected chi connectivity index (χ2v) is 10.3. The number of aliphatic hydroxyl groups excluding tert-OH is 2. The second kappa shape index (κ2) is 10.0. The highest BCUT2D eigenvalue weighted by atomic mass is 19.1. The normalized spacial score (nSPS) is 27.4. The number of ketones is 2. The lowest BCUT2D eigenvalue weighted by Gasteiger charge is -2.48. The lowest BCUT2D eigenvalue weighted by Crippen LogP contribution is -2.66. The molecule has 0 aromatic heterocycles. The number of hydrogen-bond donors (Lipinski definition) is 6. The van der Waals surface area contributed by atoms with Crippen molar-refractivity contribution in [2.24, 2.45) is 23.5 Å². The number of hydrogen-bond acceptors (Lipinski definition) is 9. The van der Waals surface area contributed by atoms with Crippen LogP contribution < -0.4 is 11.1 Å². The number of halogens is 1. The molecule has 2 unspecified atom stereocenters. The number of alkyl halides is 1. The van der Waals surface area contributed by atoms with Crippen molar-refractivity contribution in [1.82, 2.24) is 0 Å². The molecule has 40 heavy (non-hydrogen) atoms. The predicted molar refractivity (Wildman–Crippen MR) is 138 cm³/mol. The summed E-state index contributed by atoms with van der Waals surface area (Å²) in [7, 11) is 0. The molecule has 0 heterocycles. The van der Waals surface area contributed by atoms with Gasteiger partial charge in [-0.3, -0.25) is 19.7 Å². The van der Waals surface area contributed by atoms with Crippen LogP contribution in [-0.4, -0.2) is 69.0 Å². The zero-order chi connectivity index (χ0) is 28.9. The summed E-state index contributed by atoms with van der Waals surface area (Å²) in [5, 5.41) is 46.1. The van der Waals surface area contributed by atoms with Crippen molar-refractivity contribution in [3.8, 4) is 16.9 Å². The number of amides is 2. The zero-order valence-corrected chi connectivity index (χ0v) is 21.1. The fraction of sp³-hybridized carbons (Fsp3) is 0.357. The summed E-state index contributed by atoms with van der Waals surface area (Å²) in [4.78, 5) is 50.2. The molecule has 0 bridgehead atoms. The lowest BCUT2D eigenvalue weighted by molar-refractivity contribution is -0.174. The first-order valence-electron chi connectivity index (χ1n) is 12.7. The highest BCUT2D eigenvalue weighted by Gasteiger charge is 2.63. The smallest absolute Gasteiger partial charge is 0.411 e. The van der Waals surface area contributed by atoms with Gasteiger partial charge in [0.15, 0.2) is 11.4 Å². The number of aliphatic hydroxyl groups is 3. The Morgan fingerprint density at radius 2 is 1.80 bits per heavy atom. The number of nitrogens with one attached hydrogen (secondary N) is 1. The van der Waals surface area contributed by atoms with Crippen LogP contribution in [0.4, 0.5) is 14.9 Å². The number of phenolic OH excluding ortho intramolecular Hbond substituents is 1. The van der Waals surface area contributed by atoms with Gasteiger partial charge in [-0.25, -0.2) is 9.18 Å². The molecule has 3 aliphatic carbocycles. The summed E-state index contributed by atoms with van der Waals surface area (Å²) in [5.41, 5.74) is 4.55. The van der Waals surface area contributed by atoms with Crippen LogP contribution in [0.25, 0.3) is 16.9 Å². The van der Waals surface area contributed by atoms with Crippen LogP contribution in [0, 0.1) is 17.8 Å². The number of phenols is 1. The summed E-state index contributed by atoms with van der Waals surface area (Å²) in [6.07, 6.45) is -2.28. The van der Waals surface area contributed by atoms with Crippen LogP contribution in [0.1, 0.15) is 24.0 Å². The average Bonchev–Trinajstić information content (AvgIpc) is 2.90. The molecule has 0 aliphatic heterocycles. The fourth-order valence-electron chi connectivity index (χ4n) is 6.21. The Balaban J connectivity index is 1.53. The third-order valence-corrected chi connectivity index (χ3v) is 8.02. The molecule has 12 heteroatoms. The highest BCUT2D eigenvalue weighted by molar-refractivity contribution is 6.24. The van der Waals surface area contributed by atoms with Gasteiger partial charge in [0.25, 0.3) is 0 Å². The summed E-state index contributed by atoms with van der Waals surface area (Å²) in [6.45, 7) is -1.18. The fourth-order valence-corrected chi connectivity index (χ4v) is 6.21. The van der Waals surface area contributed by atoms with Crippen molar-refractivity contribution in [2.75, 3.05) is 18.6 Å². The monoisotopic (exact) mass is 554 g/mol. The molecular formula is C28H27FN2O9. The quantitative estimate of drug-likeness (QED) is 0.298. The van der Waals surface area contributed by atoms with Crippen molar-refractivity contribution in [3.05, 3.63) is 53.1 Å². The van der Waals surface area contributed by atoms with E-state index in [0.29, 0.717) is 22.4 Å². The SMILES string of the molecule is NC(=O)C1C(=O)[C@@]2(O)C(=O)C3=C(O)c4c(O)ccc(-c5ccc(NC(=O)OCCF)cc5)c4C[C@H]3C[C@H]2CC1O. The first kappa shape index (κ1) is 27.3. The van der Waals surface area contributed by atoms with Gasteiger partial charge in [0.1, 0.15) is 30.7 Å². The highest BCUT2D eigenvalue weighted by Crippen LogP contribution is 2.52. The molecule has 7 N–H and O–H groups in total. The van der Waals surface area contributed by atoms with Gasteiger partial charge in [0.05, 0.1) is 11.7 Å². The Hall–Kier alpha value is -4.29. The molecular weight excluding hydrogens is 527 g/mol. The van der Waals surface area contributed by atoms with Gasteiger partial charge in [-0.1, -0.05) is 18.2 Å². The van der Waals surface area contributed by atoms with E-state index in [1.165, 1.54) is 6.07 Å². The minimum Gasteiger partial charge on any atom is -0.507 e. The predicted octanol–water partition coefficient (Wildman–Crippen LogP) is 1.77. The molecule has 0 radical (unpaired) electrons. The molecule has 2 aromatic carbocycles. The Morgan fingerprint density at radius 1 is 1.10 bits per heavy atom. The van der Waals surface area contributed by atoms with Crippen LogP contribution in [0.15, 0.2) is 42.0 Å². The van der Waals surface area contributed by atoms with Crippen LogP contribution in [0.2, 0.25) is 0 Å². The van der Waals surface area contributed by atoms with Gasteiger partial charge in [-0.05, 0) is 60.1 Å². The van der Waals surface area contributed by atoms with Crippen molar-refractivity contribution in [1.29, 1.82) is 0 Å². The summed E-state index contributed by atoms with van der Waals surface area (Å²) >= 11 is 0. The molecule has 5 atom stereocenters. The first-order valence-corrected chi connectivity index (χ1v) is 12.7. The lowest BCUT2D eigenvalue weighted by atomic mass is 9.56. The van der Waals surface area contributed by atoms with Gasteiger partial charge in [-0.2, -0.15) is 0 Å². The number of nitrogens with two attached hydrogens (primary N) is 1. The average molecular weight is 555 g/mol. The first-order chi connectivity index (χ1) is 19.0. The van der Waals surface area contributed by atoms with E-state index in [-0.39, 0.29) is 42.8 Å². The zero-order valence-electron chi connectivity index (χ0n) is 21.1. The van der Waals surface area contributed by atoms with E-state index in [1.54, 1.807) is 30.3 Å². The van der Waals surface area contributed by atoms with Crippen LogP contribution in [0.3, 0.4) is 0 Å². The van der Waals surface area contributed by atoms with E-state index < -0.39 is 65.5 Å². The summed E-state index contributed by atoms with van der Waals surface area (Å²) in [6, 6.07) is 9.50. The number of Topliss-reactive ketones (excluding diaryl/α,β-unsaturated/α-hetero) is 2. The maximum atomic E-state index is 13.6. The third kappa shape index (κ3) is 4.20. The number of carbonyl (C=O) groups excluding carboxylic acids is 4. The van der Waals surface area contributed by atoms with E-state index >= 15 is 0 Å². The van der Waals surface area contributed by atoms with Crippen LogP contribution in [-0.2, 0) is 25.5 Å². The molecule has 0 spiro atoms. The number of ether oxygens (including phenoxy) is 1. The van der Waals surface area contributed by atoms with Crippen LogP contribution in [0.5, 0.6) is 5.75 Å². The Morgan fingerprint density at radius 3 is 2.45 bits per heavy atom. The van der Waals surface area contributed by atoms with Gasteiger partial charge >= 0.3 is 6.09 Å². The summed E-state index contributed by atoms with van der Waals surface area (Å²) < 4.78 is 16.9. The second-order valence-electron chi connectivity index (χ2n) is 10.3. The topological polar surface area (TPSA) is 196 Å². The molecule has 2 saturated carbocycles. The standard InChI is InChI=1S/C28H27FN2O9/c29-7-8-40-27(38)31-15-3-1-12(2-4-15)16-5-6-18(32)21-17(16)10-13-9-14-11-19(33)22(26(30)37)25(36)28(14,39)24(35)20(13)23(21)34/h1-6,13-14,19,22,32-34,39H,7-11H2,(H2,30,37)(H,31,38)/t13-,14+,19?,22?,28+/m1/s1. The minimum absolute atomic E-state index is 0.0223. The molecule has 5 rings (SSSR count). The van der Waals surface area contributed by atoms with Gasteiger partial charge < -0.3 is 30.9 Å². The van der Waals surface area contributed by atoms with E-state index in [1.807, 2.05) is 0 Å². The number of anilines is 1. The third-order valence-electron chi connectivity index (χ3n) is 8.02. The van der Waals surface area contributed by atoms with E-state index in [2.05, 4.69) is 10.1 Å². The molecule has 2 fully saturated rings. The van der Waals surface area contributed by atoms with E-state index in [9.17, 15) is 44.0 Å². The molecule has 0 saturated heterocycles. The molecule has 3 aliphatic rings. The van der Waals surface area contributed by atoms with Crippen molar-refractivity contribution in [3.63, 3.8) is 0 Å². The Labute approximate surface area is 227 Å². The number of rotatable bonds is 5. The largest absolute Gasteiger partial charge is 0.507 e. The molecule has 2 amide bonds. The van der Waals surface area contributed by atoms with Crippen molar-refractivity contribution >= 4 is 35.0 Å². The number of fused-ring (bicyclic) bond motifs is 3. The van der Waals surface area contributed by atoms with Crippen molar-refractivity contribution < 1.29 is 48.7 Å². The maximum absolute atomic E-state index is 13.6. The molecule has 210 valence electrons. The number of primary amides is 1. The van der Waals surface area contributed by atoms with Gasteiger partial charge in [0.2, 0.25) is 11.7 Å². The number of benzene rings is 2. The number of aromatic hydroxyl groups is 1. The van der Waals surface area contributed by atoms with Gasteiger partial charge in [-0.15, -0.1) is 0 Å². The Bertz CT molecular complexity index is 1450.